The van der Waals surface area contributed by atoms with Gasteiger partial charge in [-0.3, -0.25) is 0 Å². The molecule has 0 aliphatic carbocycles. The average molecular weight is 314 g/mol. The molecular weight excluding hydrogens is 285 g/mol. The van der Waals surface area contributed by atoms with Gasteiger partial charge in [0.05, 0.1) is 5.02 Å². The molecule has 0 saturated carbocycles. The molecule has 21 heavy (non-hydrogen) atoms. The first-order chi connectivity index (χ1) is 10.2. The van der Waals surface area contributed by atoms with Crippen molar-refractivity contribution in [3.8, 4) is 0 Å². The van der Waals surface area contributed by atoms with Crippen molar-refractivity contribution >= 4 is 11.6 Å². The van der Waals surface area contributed by atoms with Gasteiger partial charge >= 0.3 is 0 Å². The Morgan fingerprint density at radius 3 is 2.52 bits per heavy atom. The van der Waals surface area contributed by atoms with Crippen molar-refractivity contribution in [1.82, 2.24) is 5.32 Å². The standard InChI is InChI=1S/C18H29ClFN/c1-3-5-6-7-8-9-12-16(21-4-2)14-15-11-10-13-17(19)18(15)20/h10-11,13,16,21H,3-9,12,14H2,1-2H3. The highest BCUT2D eigenvalue weighted by molar-refractivity contribution is 6.30. The van der Waals surface area contributed by atoms with E-state index in [-0.39, 0.29) is 10.8 Å². The van der Waals surface area contributed by atoms with Gasteiger partial charge in [-0.15, -0.1) is 0 Å². The van der Waals surface area contributed by atoms with E-state index in [4.69, 9.17) is 11.6 Å². The fourth-order valence-electron chi connectivity index (χ4n) is 2.71. The van der Waals surface area contributed by atoms with Gasteiger partial charge in [-0.1, -0.05) is 76.1 Å². The van der Waals surface area contributed by atoms with Crippen LogP contribution in [0.4, 0.5) is 4.39 Å². The number of halogens is 2. The van der Waals surface area contributed by atoms with Crippen molar-refractivity contribution in [1.29, 1.82) is 0 Å². The van der Waals surface area contributed by atoms with Gasteiger partial charge in [0.25, 0.3) is 0 Å². The van der Waals surface area contributed by atoms with Crippen LogP contribution in [-0.4, -0.2) is 12.6 Å². The van der Waals surface area contributed by atoms with Crippen LogP contribution in [0.2, 0.25) is 5.02 Å². The highest BCUT2D eigenvalue weighted by Gasteiger charge is 2.13. The van der Waals surface area contributed by atoms with E-state index in [1.807, 2.05) is 12.1 Å². The van der Waals surface area contributed by atoms with E-state index in [1.54, 1.807) is 6.07 Å². The van der Waals surface area contributed by atoms with Gasteiger partial charge in [0.2, 0.25) is 0 Å². The number of hydrogen-bond donors (Lipinski definition) is 1. The van der Waals surface area contributed by atoms with Crippen molar-refractivity contribution in [2.45, 2.75) is 71.3 Å². The van der Waals surface area contributed by atoms with Crippen LogP contribution in [0.25, 0.3) is 0 Å². The molecule has 0 heterocycles. The van der Waals surface area contributed by atoms with Crippen molar-refractivity contribution < 1.29 is 4.39 Å². The molecular formula is C18H29ClFN. The molecule has 0 bridgehead atoms. The highest BCUT2D eigenvalue weighted by Crippen LogP contribution is 2.20. The summed E-state index contributed by atoms with van der Waals surface area (Å²) >= 11 is 5.85. The number of unbranched alkanes of at least 4 members (excludes halogenated alkanes) is 5. The predicted molar refractivity (Wildman–Crippen MR) is 90.6 cm³/mol. The fourth-order valence-corrected chi connectivity index (χ4v) is 2.90. The second-order valence-electron chi connectivity index (χ2n) is 5.73. The van der Waals surface area contributed by atoms with E-state index >= 15 is 0 Å². The first-order valence-electron chi connectivity index (χ1n) is 8.35. The molecule has 1 atom stereocenters. The van der Waals surface area contributed by atoms with E-state index in [9.17, 15) is 4.39 Å². The largest absolute Gasteiger partial charge is 0.314 e. The first kappa shape index (κ1) is 18.4. The first-order valence-corrected chi connectivity index (χ1v) is 8.73. The maximum absolute atomic E-state index is 14.0. The summed E-state index contributed by atoms with van der Waals surface area (Å²) in [4.78, 5) is 0. The van der Waals surface area contributed by atoms with E-state index < -0.39 is 0 Å². The Hall–Kier alpha value is -0.600. The summed E-state index contributed by atoms with van der Waals surface area (Å²) < 4.78 is 14.0. The molecule has 1 N–H and O–H groups in total. The summed E-state index contributed by atoms with van der Waals surface area (Å²) in [5, 5.41) is 3.69. The summed E-state index contributed by atoms with van der Waals surface area (Å²) in [5.74, 6) is -0.259. The molecule has 0 aliphatic heterocycles. The summed E-state index contributed by atoms with van der Waals surface area (Å²) in [6.45, 7) is 5.26. The fraction of sp³-hybridized carbons (Fsp3) is 0.667. The molecule has 0 saturated heterocycles. The van der Waals surface area contributed by atoms with Crippen molar-refractivity contribution in [3.63, 3.8) is 0 Å². The zero-order valence-electron chi connectivity index (χ0n) is 13.4. The van der Waals surface area contributed by atoms with Gasteiger partial charge in [0.1, 0.15) is 5.82 Å². The Labute approximate surface area is 134 Å². The maximum atomic E-state index is 14.0. The smallest absolute Gasteiger partial charge is 0.145 e. The minimum atomic E-state index is -0.259. The molecule has 0 radical (unpaired) electrons. The lowest BCUT2D eigenvalue weighted by Gasteiger charge is -2.18. The third-order valence-electron chi connectivity index (χ3n) is 3.90. The number of likely N-dealkylation sites (N-methyl/N-ethyl adjacent to an activating group) is 1. The van der Waals surface area contributed by atoms with E-state index in [2.05, 4.69) is 19.2 Å². The van der Waals surface area contributed by atoms with Gasteiger partial charge in [0, 0.05) is 6.04 Å². The van der Waals surface area contributed by atoms with Gasteiger partial charge in [-0.05, 0) is 31.0 Å². The number of rotatable bonds is 11. The normalized spacial score (nSPS) is 12.6. The average Bonchev–Trinajstić information content (AvgIpc) is 2.47. The molecule has 1 unspecified atom stereocenters. The van der Waals surface area contributed by atoms with Gasteiger partial charge in [-0.2, -0.15) is 0 Å². The second kappa shape index (κ2) is 11.0. The Morgan fingerprint density at radius 2 is 1.81 bits per heavy atom. The quantitative estimate of drug-likeness (QED) is 0.513. The molecule has 0 aromatic heterocycles. The number of benzene rings is 1. The van der Waals surface area contributed by atoms with Crippen molar-refractivity contribution in [2.24, 2.45) is 0 Å². The summed E-state index contributed by atoms with van der Waals surface area (Å²) in [6.07, 6.45) is 9.59. The summed E-state index contributed by atoms with van der Waals surface area (Å²) in [7, 11) is 0. The lowest BCUT2D eigenvalue weighted by atomic mass is 9.99. The Morgan fingerprint density at radius 1 is 1.10 bits per heavy atom. The molecule has 0 spiro atoms. The van der Waals surface area contributed by atoms with Gasteiger partial charge < -0.3 is 5.32 Å². The number of hydrogen-bond acceptors (Lipinski definition) is 1. The van der Waals surface area contributed by atoms with Gasteiger partial charge in [0.15, 0.2) is 0 Å². The van der Waals surface area contributed by atoms with Crippen LogP contribution in [0.3, 0.4) is 0 Å². The predicted octanol–water partition coefficient (Wildman–Crippen LogP) is 5.75. The third-order valence-corrected chi connectivity index (χ3v) is 4.19. The second-order valence-corrected chi connectivity index (χ2v) is 6.14. The molecule has 1 rings (SSSR count). The molecule has 0 amide bonds. The van der Waals surface area contributed by atoms with Crippen LogP contribution in [0.15, 0.2) is 18.2 Å². The van der Waals surface area contributed by atoms with Crippen LogP contribution < -0.4 is 5.32 Å². The SMILES string of the molecule is CCCCCCCCC(Cc1cccc(Cl)c1F)NCC. The minimum Gasteiger partial charge on any atom is -0.314 e. The zero-order chi connectivity index (χ0) is 15.5. The molecule has 1 nitrogen and oxygen atoms in total. The monoisotopic (exact) mass is 313 g/mol. The van der Waals surface area contributed by atoms with Crippen LogP contribution in [0.1, 0.15) is 64.4 Å². The van der Waals surface area contributed by atoms with Gasteiger partial charge in [-0.25, -0.2) is 4.39 Å². The lowest BCUT2D eigenvalue weighted by molar-refractivity contribution is 0.452. The Bertz CT molecular complexity index is 395. The molecule has 3 heteroatoms. The van der Waals surface area contributed by atoms with E-state index in [0.717, 1.165) is 24.9 Å². The third kappa shape index (κ3) is 7.28. The topological polar surface area (TPSA) is 12.0 Å². The Balaban J connectivity index is 2.40. The van der Waals surface area contributed by atoms with Crippen LogP contribution >= 0.6 is 11.6 Å². The van der Waals surface area contributed by atoms with Crippen molar-refractivity contribution in [3.05, 3.63) is 34.6 Å². The van der Waals surface area contributed by atoms with Crippen LogP contribution in [-0.2, 0) is 6.42 Å². The van der Waals surface area contributed by atoms with E-state index in [0.29, 0.717) is 6.04 Å². The highest BCUT2D eigenvalue weighted by atomic mass is 35.5. The summed E-state index contributed by atoms with van der Waals surface area (Å²) in [6, 6.07) is 5.62. The molecule has 0 fully saturated rings. The van der Waals surface area contributed by atoms with Crippen molar-refractivity contribution in [2.75, 3.05) is 6.54 Å². The Kier molecular flexibility index (Phi) is 9.69. The van der Waals surface area contributed by atoms with E-state index in [1.165, 1.54) is 38.5 Å². The zero-order valence-corrected chi connectivity index (χ0v) is 14.2. The number of nitrogens with one attached hydrogen (secondary N) is 1. The molecule has 1 aromatic rings. The minimum absolute atomic E-state index is 0.224. The maximum Gasteiger partial charge on any atom is 0.145 e. The molecule has 120 valence electrons. The van der Waals surface area contributed by atoms with Crippen LogP contribution in [0.5, 0.6) is 0 Å². The lowest BCUT2D eigenvalue weighted by Crippen LogP contribution is -2.31. The molecule has 0 aliphatic rings. The summed E-state index contributed by atoms with van der Waals surface area (Å²) in [5.41, 5.74) is 0.722. The molecule has 1 aromatic carbocycles. The van der Waals surface area contributed by atoms with Crippen LogP contribution in [0, 0.1) is 5.82 Å².